The van der Waals surface area contributed by atoms with E-state index in [2.05, 4.69) is 0 Å². The Morgan fingerprint density at radius 1 is 0.500 bits per heavy atom. The maximum Gasteiger partial charge on any atom is 3.00 e. The average Bonchev–Trinajstić information content (AvgIpc) is 1.00. The second kappa shape index (κ2) is 151. The van der Waals surface area contributed by atoms with E-state index in [-0.39, 0.29) is 165 Å². The van der Waals surface area contributed by atoms with Crippen LogP contribution in [0.1, 0.15) is 0 Å². The van der Waals surface area contributed by atoms with Crippen LogP contribution in [0.15, 0.2) is 0 Å². The van der Waals surface area contributed by atoms with Crippen molar-refractivity contribution in [2.45, 2.75) is 0 Å². The molecule has 0 atom stereocenters. The molecule has 0 unspecified atom stereocenters. The summed E-state index contributed by atoms with van der Waals surface area (Å²) in [7, 11) is 0. The molecule has 12 heteroatoms. The molecule has 0 N–H and O–H groups in total. The van der Waals surface area contributed by atoms with Crippen LogP contribution in [-0.2, 0) is 35.9 Å². The van der Waals surface area contributed by atoms with Crippen molar-refractivity contribution in [2.24, 2.45) is 0 Å². The van der Waals surface area contributed by atoms with Gasteiger partial charge in [-0.05, 0) is 0 Å². The van der Waals surface area contributed by atoms with Gasteiger partial charge in [0.15, 0.2) is 0 Å². The largest absolute Gasteiger partial charge is 3.00 e. The van der Waals surface area contributed by atoms with Crippen molar-refractivity contribution < 1.29 is 117 Å². The topological polar surface area (TPSA) is 188 Å². The average molecular weight is 761 g/mol. The monoisotopic (exact) mass is 766 g/mol. The van der Waals surface area contributed by atoms with Gasteiger partial charge in [0.2, 0.25) is 0 Å². The van der Waals surface area contributed by atoms with E-state index >= 15 is 0 Å². The summed E-state index contributed by atoms with van der Waals surface area (Å²) in [6.45, 7) is 0. The molecule has 0 fully saturated rings. The summed E-state index contributed by atoms with van der Waals surface area (Å²) in [5, 5.41) is 0. The van der Waals surface area contributed by atoms with Crippen LogP contribution >= 0.6 is 0 Å². The third-order valence-corrected chi connectivity index (χ3v) is 0. The molecular formula is In2O7Sm2Sn. The van der Waals surface area contributed by atoms with Gasteiger partial charge in [-0.1, -0.05) is 0 Å². The van der Waals surface area contributed by atoms with Gasteiger partial charge < -0.3 is 32.9 Å². The Morgan fingerprint density at radius 3 is 0.500 bits per heavy atom. The molecular weight excluding hydrogens is 761 g/mol. The Labute approximate surface area is 186 Å². The molecule has 0 aliphatic heterocycles. The molecule has 12 heavy (non-hydrogen) atoms. The van der Waals surface area contributed by atoms with Gasteiger partial charge in [0.25, 0.3) is 0 Å². The summed E-state index contributed by atoms with van der Waals surface area (Å²) >= 11 is 0.300. The van der Waals surface area contributed by atoms with E-state index in [0.29, 0.717) is 22.5 Å². The molecule has 0 bridgehead atoms. The van der Waals surface area contributed by atoms with Crippen LogP contribution in [0, 0.1) is 80.8 Å². The zero-order valence-electron chi connectivity index (χ0n) is 5.33. The first-order valence-corrected chi connectivity index (χ1v) is 1.37. The molecule has 0 aromatic rings. The van der Waals surface area contributed by atoms with Gasteiger partial charge in [-0.25, -0.2) is 0 Å². The van der Waals surface area contributed by atoms with Crippen molar-refractivity contribution >= 4 is 74.2 Å². The summed E-state index contributed by atoms with van der Waals surface area (Å²) in [4.78, 5) is 0. The van der Waals surface area contributed by atoms with E-state index in [1.807, 2.05) is 0 Å². The molecule has 7 nitrogen and oxygen atoms in total. The predicted molar refractivity (Wildman–Crippen MR) is 22.1 cm³/mol. The second-order valence-corrected chi connectivity index (χ2v) is 0. The summed E-state index contributed by atoms with van der Waals surface area (Å²) in [5.41, 5.74) is 0. The Bertz CT molecular complexity index is 19.4. The summed E-state index contributed by atoms with van der Waals surface area (Å²) in [6.07, 6.45) is 0. The van der Waals surface area contributed by atoms with Gasteiger partial charge in [-0.3, -0.25) is 0 Å². The molecule has 0 aliphatic carbocycles. The molecule has 0 heterocycles. The van der Waals surface area contributed by atoms with E-state index in [1.54, 1.807) is 0 Å². The molecule has 0 saturated carbocycles. The van der Waals surface area contributed by atoms with Gasteiger partial charge in [0, 0.05) is 0 Å². The van der Waals surface area contributed by atoms with Crippen molar-refractivity contribution in [1.29, 1.82) is 0 Å². The maximum absolute atomic E-state index is 8.34. The zero-order chi connectivity index (χ0) is 2.00. The first-order chi connectivity index (χ1) is 1.00. The fraction of sp³-hybridized carbons (Fsp3) is 0. The van der Waals surface area contributed by atoms with Crippen LogP contribution in [0.4, 0.5) is 0 Å². The van der Waals surface area contributed by atoms with Crippen molar-refractivity contribution in [2.75, 3.05) is 0 Å². The van der Waals surface area contributed by atoms with Gasteiger partial charge >= 0.3 is 158 Å². The Hall–Kier alpha value is 4.77. The molecule has 4 radical (unpaired) electrons. The van der Waals surface area contributed by atoms with Crippen LogP contribution in [0.2, 0.25) is 0 Å². The Balaban J connectivity index is -0.000000000111. The molecule has 0 saturated heterocycles. The van der Waals surface area contributed by atoms with Gasteiger partial charge in [-0.15, -0.1) is 0 Å². The van der Waals surface area contributed by atoms with Crippen molar-refractivity contribution in [3.8, 4) is 0 Å². The quantitative estimate of drug-likeness (QED) is 0.255. The number of hydrogen-bond donors (Lipinski definition) is 0. The Morgan fingerprint density at radius 2 is 0.500 bits per heavy atom. The van der Waals surface area contributed by atoms with E-state index in [4.69, 9.17) is 3.08 Å². The van der Waals surface area contributed by atoms with Crippen LogP contribution in [0.25, 0.3) is 0 Å². The second-order valence-electron chi connectivity index (χ2n) is 0. The van der Waals surface area contributed by atoms with Gasteiger partial charge in [-0.2, -0.15) is 0 Å². The molecule has 64 valence electrons. The summed E-state index contributed by atoms with van der Waals surface area (Å²) < 4.78 is 8.34. The molecule has 0 aliphatic rings. The van der Waals surface area contributed by atoms with Crippen LogP contribution in [0.3, 0.4) is 0 Å². The van der Waals surface area contributed by atoms with Crippen LogP contribution in [0.5, 0.6) is 0 Å². The smallest absolute Gasteiger partial charge is 3.00 e. The molecule has 0 amide bonds. The number of hydrogen-bond acceptors (Lipinski definition) is 1. The zero-order valence-corrected chi connectivity index (χ0v) is 20.0. The molecule has 0 spiro atoms. The molecule has 0 aromatic carbocycles. The van der Waals surface area contributed by atoms with E-state index < -0.39 is 0 Å². The van der Waals surface area contributed by atoms with Crippen molar-refractivity contribution in [1.82, 2.24) is 0 Å². The Kier molecular flexibility index (Phi) is 1580. The minimum absolute atomic E-state index is 0. The summed E-state index contributed by atoms with van der Waals surface area (Å²) in [6, 6.07) is 0. The fourth-order valence-electron chi connectivity index (χ4n) is 0. The van der Waals surface area contributed by atoms with E-state index in [9.17, 15) is 0 Å². The third-order valence-electron chi connectivity index (χ3n) is 0. The minimum Gasteiger partial charge on any atom is 3.00 e. The molecule has 0 rings (SSSR count). The van der Waals surface area contributed by atoms with Crippen molar-refractivity contribution in [3.63, 3.8) is 0 Å². The van der Waals surface area contributed by atoms with Gasteiger partial charge in [0.1, 0.15) is 0 Å². The SMILES string of the molecule is [In+3].[In+3].[O-2].[O-2].[O-2].[O-2].[O-2].[O-2].[O]=[Sn].[Sm+3].[Sm+3]. The first-order valence-electron chi connectivity index (χ1n) is 0.204. The number of rotatable bonds is 0. The first kappa shape index (κ1) is 125. The van der Waals surface area contributed by atoms with E-state index in [1.165, 1.54) is 0 Å². The molecule has 0 aromatic heterocycles. The normalized spacial score (nSPS) is 0.333. The maximum atomic E-state index is 8.34. The van der Waals surface area contributed by atoms with E-state index in [0.717, 1.165) is 0 Å². The standard InChI is InChI=1S/2In.7O.2Sm.Sn/q2*+3;;6*-2;2*+3;. The minimum atomic E-state index is 0. The van der Waals surface area contributed by atoms with Crippen molar-refractivity contribution in [3.05, 3.63) is 0 Å². The fourth-order valence-corrected chi connectivity index (χ4v) is 0. The van der Waals surface area contributed by atoms with Crippen LogP contribution < -0.4 is 0 Å². The third kappa shape index (κ3) is 123. The predicted octanol–water partition coefficient (Wildman–Crippen LogP) is -1.97. The van der Waals surface area contributed by atoms with Crippen LogP contribution in [-0.4, -0.2) is 74.2 Å². The summed E-state index contributed by atoms with van der Waals surface area (Å²) in [5.74, 6) is 0. The van der Waals surface area contributed by atoms with Gasteiger partial charge in [0.05, 0.1) is 0 Å².